The third-order valence-corrected chi connectivity index (χ3v) is 6.62. The predicted molar refractivity (Wildman–Crippen MR) is 132 cm³/mol. The van der Waals surface area contributed by atoms with E-state index in [1.165, 1.54) is 17.2 Å². The molecule has 1 aliphatic rings. The molecule has 33 heavy (non-hydrogen) atoms. The fourth-order valence-electron chi connectivity index (χ4n) is 4.20. The molecular weight excluding hydrogens is 458 g/mol. The lowest BCUT2D eigenvalue weighted by atomic mass is 9.96. The van der Waals surface area contributed by atoms with Crippen LogP contribution in [0.25, 0.3) is 0 Å². The third kappa shape index (κ3) is 5.74. The molecule has 1 fully saturated rings. The molecule has 6 nitrogen and oxygen atoms in total. The number of carbonyl (C=O) groups excluding carboxylic acids is 1. The Hall–Kier alpha value is -2.87. The number of halogens is 1. The fraction of sp³-hybridized carbons (Fsp3) is 0.240. The summed E-state index contributed by atoms with van der Waals surface area (Å²) in [6, 6.07) is 25.5. The van der Waals surface area contributed by atoms with Gasteiger partial charge >= 0.3 is 0 Å². The summed E-state index contributed by atoms with van der Waals surface area (Å²) in [4.78, 5) is 17.3. The third-order valence-electron chi connectivity index (χ3n) is 5.70. The molecule has 3 aromatic carbocycles. The van der Waals surface area contributed by atoms with Crippen LogP contribution in [0.4, 0.5) is 5.69 Å². The van der Waals surface area contributed by atoms with Crippen molar-refractivity contribution in [3.05, 3.63) is 101 Å². The maximum absolute atomic E-state index is 13.1. The lowest BCUT2D eigenvalue weighted by molar-refractivity contribution is 0.0597. The molecule has 1 amide bonds. The summed E-state index contributed by atoms with van der Waals surface area (Å²) in [6.45, 7) is 2.61. The number of amides is 1. The first-order chi connectivity index (χ1) is 15.8. The van der Waals surface area contributed by atoms with Crippen molar-refractivity contribution in [3.8, 4) is 0 Å². The van der Waals surface area contributed by atoms with Crippen molar-refractivity contribution in [2.75, 3.05) is 37.2 Å². The van der Waals surface area contributed by atoms with Gasteiger partial charge in [-0.25, -0.2) is 8.42 Å². The number of nitrogens with zero attached hydrogens (tertiary/aromatic N) is 2. The lowest BCUT2D eigenvalue weighted by Crippen LogP contribution is -2.49. The molecule has 0 aliphatic carbocycles. The number of benzene rings is 3. The number of anilines is 1. The smallest absolute Gasteiger partial charge is 0.255 e. The topological polar surface area (TPSA) is 69.7 Å². The van der Waals surface area contributed by atoms with Gasteiger partial charge in [0.1, 0.15) is 0 Å². The molecule has 1 aliphatic heterocycles. The van der Waals surface area contributed by atoms with Crippen molar-refractivity contribution in [2.45, 2.75) is 6.04 Å². The van der Waals surface area contributed by atoms with Crippen molar-refractivity contribution < 1.29 is 13.2 Å². The van der Waals surface area contributed by atoms with E-state index in [1.54, 1.807) is 17.0 Å². The summed E-state index contributed by atoms with van der Waals surface area (Å²) in [5, 5.41) is 0.225. The Morgan fingerprint density at radius 2 is 1.42 bits per heavy atom. The van der Waals surface area contributed by atoms with Crippen molar-refractivity contribution in [2.24, 2.45) is 0 Å². The highest BCUT2D eigenvalue weighted by atomic mass is 35.5. The highest BCUT2D eigenvalue weighted by molar-refractivity contribution is 7.92. The zero-order chi connectivity index (χ0) is 23.4. The molecule has 0 aromatic heterocycles. The number of sulfonamides is 1. The van der Waals surface area contributed by atoms with E-state index in [0.29, 0.717) is 24.3 Å². The Bertz CT molecular complexity index is 1170. The summed E-state index contributed by atoms with van der Waals surface area (Å²) in [7, 11) is -3.42. The van der Waals surface area contributed by atoms with Crippen LogP contribution >= 0.6 is 11.6 Å². The maximum atomic E-state index is 13.1. The van der Waals surface area contributed by atoms with Crippen LogP contribution in [-0.2, 0) is 10.0 Å². The first-order valence-corrected chi connectivity index (χ1v) is 13.0. The van der Waals surface area contributed by atoms with Gasteiger partial charge in [0.05, 0.1) is 22.9 Å². The average Bonchev–Trinajstić information content (AvgIpc) is 2.80. The minimum atomic E-state index is -3.42. The van der Waals surface area contributed by atoms with E-state index < -0.39 is 10.0 Å². The molecule has 172 valence electrons. The van der Waals surface area contributed by atoms with Crippen LogP contribution in [0.15, 0.2) is 78.9 Å². The Morgan fingerprint density at radius 1 is 0.879 bits per heavy atom. The Labute approximate surface area is 199 Å². The summed E-state index contributed by atoms with van der Waals surface area (Å²) < 4.78 is 25.2. The highest BCUT2D eigenvalue weighted by Gasteiger charge is 2.29. The highest BCUT2D eigenvalue weighted by Crippen LogP contribution is 2.30. The van der Waals surface area contributed by atoms with Crippen molar-refractivity contribution >= 4 is 33.2 Å². The van der Waals surface area contributed by atoms with Gasteiger partial charge in [0, 0.05) is 31.9 Å². The quantitative estimate of drug-likeness (QED) is 0.568. The van der Waals surface area contributed by atoms with Crippen LogP contribution in [0.5, 0.6) is 0 Å². The first kappa shape index (κ1) is 23.3. The predicted octanol–water partition coefficient (Wildman–Crippen LogP) is 4.26. The van der Waals surface area contributed by atoms with Gasteiger partial charge in [0.25, 0.3) is 5.91 Å². The van der Waals surface area contributed by atoms with E-state index >= 15 is 0 Å². The lowest BCUT2D eigenvalue weighted by Gasteiger charge is -2.40. The first-order valence-electron chi connectivity index (χ1n) is 10.7. The normalized spacial score (nSPS) is 14.9. The number of carbonyl (C=O) groups is 1. The number of hydrogen-bond acceptors (Lipinski definition) is 4. The molecule has 4 rings (SSSR count). The molecule has 0 radical (unpaired) electrons. The van der Waals surface area contributed by atoms with E-state index in [-0.39, 0.29) is 17.0 Å². The van der Waals surface area contributed by atoms with Crippen LogP contribution in [0, 0.1) is 0 Å². The zero-order valence-corrected chi connectivity index (χ0v) is 19.9. The molecule has 0 atom stereocenters. The van der Waals surface area contributed by atoms with Gasteiger partial charge < -0.3 is 4.90 Å². The van der Waals surface area contributed by atoms with E-state index in [9.17, 15) is 13.2 Å². The van der Waals surface area contributed by atoms with Gasteiger partial charge in [0.2, 0.25) is 10.0 Å². The van der Waals surface area contributed by atoms with Crippen LogP contribution < -0.4 is 4.72 Å². The van der Waals surface area contributed by atoms with Crippen LogP contribution in [-0.4, -0.2) is 56.6 Å². The average molecular weight is 484 g/mol. The fourth-order valence-corrected chi connectivity index (χ4v) is 5.02. The molecule has 1 N–H and O–H groups in total. The summed E-state index contributed by atoms with van der Waals surface area (Å²) in [5.41, 5.74) is 3.14. The van der Waals surface area contributed by atoms with E-state index in [4.69, 9.17) is 11.6 Å². The minimum absolute atomic E-state index is 0.120. The largest absolute Gasteiger partial charge is 0.336 e. The van der Waals surface area contributed by atoms with Crippen molar-refractivity contribution in [3.63, 3.8) is 0 Å². The van der Waals surface area contributed by atoms with Crippen molar-refractivity contribution in [1.29, 1.82) is 0 Å². The van der Waals surface area contributed by atoms with Crippen LogP contribution in [0.3, 0.4) is 0 Å². The molecule has 0 unspecified atom stereocenters. The molecule has 8 heteroatoms. The summed E-state index contributed by atoms with van der Waals surface area (Å²) >= 11 is 6.32. The minimum Gasteiger partial charge on any atom is -0.336 e. The summed E-state index contributed by atoms with van der Waals surface area (Å²) in [5.74, 6) is -0.151. The molecule has 0 spiro atoms. The molecule has 3 aromatic rings. The molecular formula is C25H26ClN3O3S. The van der Waals surface area contributed by atoms with Gasteiger partial charge in [0.15, 0.2) is 0 Å². The van der Waals surface area contributed by atoms with E-state index in [2.05, 4.69) is 58.2 Å². The van der Waals surface area contributed by atoms with Crippen LogP contribution in [0.1, 0.15) is 27.5 Å². The zero-order valence-electron chi connectivity index (χ0n) is 18.3. The molecule has 1 heterocycles. The molecule has 0 saturated carbocycles. The standard InChI is InChI=1S/C25H26ClN3O3S/c1-33(31,32)27-21-12-13-22(23(26)18-21)25(30)29-16-14-28(15-17-29)24(19-8-4-2-5-9-19)20-10-6-3-7-11-20/h2-13,18,24,27H,14-17H2,1H3. The molecule has 1 saturated heterocycles. The number of piperazine rings is 1. The Balaban J connectivity index is 1.48. The van der Waals surface area contributed by atoms with Gasteiger partial charge in [-0.05, 0) is 29.3 Å². The maximum Gasteiger partial charge on any atom is 0.255 e. The second-order valence-corrected chi connectivity index (χ2v) is 10.3. The Kier molecular flexibility index (Phi) is 7.02. The van der Waals surface area contributed by atoms with Gasteiger partial charge in [-0.3, -0.25) is 14.4 Å². The number of rotatable bonds is 6. The second kappa shape index (κ2) is 9.95. The second-order valence-electron chi connectivity index (χ2n) is 8.12. The van der Waals surface area contributed by atoms with Crippen molar-refractivity contribution in [1.82, 2.24) is 9.80 Å². The Morgan fingerprint density at radius 3 is 1.91 bits per heavy atom. The van der Waals surface area contributed by atoms with E-state index in [1.807, 2.05) is 12.1 Å². The van der Waals surface area contributed by atoms with Gasteiger partial charge in [-0.1, -0.05) is 72.3 Å². The van der Waals surface area contributed by atoms with Gasteiger partial charge in [-0.2, -0.15) is 0 Å². The van der Waals surface area contributed by atoms with Crippen LogP contribution in [0.2, 0.25) is 5.02 Å². The van der Waals surface area contributed by atoms with Gasteiger partial charge in [-0.15, -0.1) is 0 Å². The monoisotopic (exact) mass is 483 g/mol. The molecule has 0 bridgehead atoms. The SMILES string of the molecule is CS(=O)(=O)Nc1ccc(C(=O)N2CCN(C(c3ccccc3)c3ccccc3)CC2)c(Cl)c1. The number of hydrogen-bond donors (Lipinski definition) is 1. The summed E-state index contributed by atoms with van der Waals surface area (Å²) in [6.07, 6.45) is 1.07. The number of nitrogens with one attached hydrogen (secondary N) is 1. The van der Waals surface area contributed by atoms with E-state index in [0.717, 1.165) is 19.3 Å².